The predicted molar refractivity (Wildman–Crippen MR) is 74.2 cm³/mol. The van der Waals surface area contributed by atoms with Crippen molar-refractivity contribution in [2.75, 3.05) is 6.54 Å². The highest BCUT2D eigenvalue weighted by molar-refractivity contribution is 5.92. The van der Waals surface area contributed by atoms with Crippen LogP contribution < -0.4 is 0 Å². The van der Waals surface area contributed by atoms with Crippen molar-refractivity contribution in [3.05, 3.63) is 60.3 Å². The van der Waals surface area contributed by atoms with Gasteiger partial charge in [-0.25, -0.2) is 0 Å². The molecule has 0 amide bonds. The quantitative estimate of drug-likeness (QED) is 0.811. The van der Waals surface area contributed by atoms with E-state index in [1.807, 2.05) is 18.3 Å². The Balaban J connectivity index is 2.13. The molecule has 0 aliphatic carbocycles. The van der Waals surface area contributed by atoms with E-state index in [-0.39, 0.29) is 11.3 Å². The summed E-state index contributed by atoms with van der Waals surface area (Å²) in [5.74, 6) is 0.154. The lowest BCUT2D eigenvalue weighted by atomic mass is 9.93. The molecule has 0 radical (unpaired) electrons. The zero-order valence-electron chi connectivity index (χ0n) is 11.0. The Morgan fingerprint density at radius 3 is 2.61 bits per heavy atom. The number of hydrogen-bond acceptors (Lipinski definition) is 2. The van der Waals surface area contributed by atoms with Gasteiger partial charge in [-0.15, -0.1) is 0 Å². The maximum atomic E-state index is 11.6. The molecule has 0 fully saturated rings. The Bertz CT molecular complexity index is 471. The van der Waals surface area contributed by atoms with Crippen LogP contribution in [0.25, 0.3) is 0 Å². The minimum atomic E-state index is -0.0699. The summed E-state index contributed by atoms with van der Waals surface area (Å²) in [6, 6.07) is 10.4. The van der Waals surface area contributed by atoms with Crippen LogP contribution in [0.4, 0.5) is 0 Å². The fourth-order valence-corrected chi connectivity index (χ4v) is 2.20. The van der Waals surface area contributed by atoms with Gasteiger partial charge in [0.15, 0.2) is 5.78 Å². The molecule has 1 aliphatic rings. The van der Waals surface area contributed by atoms with Gasteiger partial charge in [0.05, 0.1) is 6.54 Å². The lowest BCUT2D eigenvalue weighted by molar-refractivity contribution is -0.116. The van der Waals surface area contributed by atoms with Crippen molar-refractivity contribution >= 4 is 5.78 Å². The van der Waals surface area contributed by atoms with Crippen molar-refractivity contribution in [1.82, 2.24) is 4.90 Å². The van der Waals surface area contributed by atoms with E-state index >= 15 is 0 Å². The van der Waals surface area contributed by atoms with Gasteiger partial charge in [0.25, 0.3) is 0 Å². The molecule has 18 heavy (non-hydrogen) atoms. The first-order valence-corrected chi connectivity index (χ1v) is 6.26. The van der Waals surface area contributed by atoms with Crippen molar-refractivity contribution in [2.24, 2.45) is 0 Å². The second kappa shape index (κ2) is 5.21. The number of benzene rings is 1. The Kier molecular flexibility index (Phi) is 3.66. The largest absolute Gasteiger partial charge is 0.364 e. The summed E-state index contributed by atoms with van der Waals surface area (Å²) < 4.78 is 0. The fourth-order valence-electron chi connectivity index (χ4n) is 2.20. The first-order chi connectivity index (χ1) is 8.58. The molecule has 1 aromatic rings. The smallest absolute Gasteiger partial charge is 0.174 e. The van der Waals surface area contributed by atoms with Crippen LogP contribution >= 0.6 is 0 Å². The highest BCUT2D eigenvalue weighted by Gasteiger charge is 2.26. The first kappa shape index (κ1) is 12.6. The lowest BCUT2D eigenvalue weighted by Crippen LogP contribution is -2.44. The van der Waals surface area contributed by atoms with Crippen molar-refractivity contribution < 1.29 is 4.79 Å². The zero-order chi connectivity index (χ0) is 13.0. The summed E-state index contributed by atoms with van der Waals surface area (Å²) in [7, 11) is 0. The van der Waals surface area contributed by atoms with Crippen LogP contribution in [0.2, 0.25) is 0 Å². The number of allylic oxidation sites excluding steroid dienone is 2. The molecule has 0 bridgehead atoms. The molecule has 2 nitrogen and oxygen atoms in total. The highest BCUT2D eigenvalue weighted by atomic mass is 16.1. The Labute approximate surface area is 109 Å². The van der Waals surface area contributed by atoms with Crippen LogP contribution in [0, 0.1) is 0 Å². The molecule has 0 N–H and O–H groups in total. The number of hydrogen-bond donors (Lipinski definition) is 0. The molecule has 94 valence electrons. The average Bonchev–Trinajstić information content (AvgIpc) is 2.55. The van der Waals surface area contributed by atoms with Gasteiger partial charge >= 0.3 is 0 Å². The molecule has 1 aromatic carbocycles. The molecule has 1 heterocycles. The SMILES string of the molecule is CC(C)(Cc1ccccc1)N1C=CC=CC(=O)C1. The van der Waals surface area contributed by atoms with E-state index in [9.17, 15) is 4.79 Å². The summed E-state index contributed by atoms with van der Waals surface area (Å²) in [5.41, 5.74) is 1.22. The fraction of sp³-hybridized carbons (Fsp3) is 0.312. The van der Waals surface area contributed by atoms with Gasteiger partial charge in [0, 0.05) is 11.7 Å². The van der Waals surface area contributed by atoms with E-state index in [4.69, 9.17) is 0 Å². The van der Waals surface area contributed by atoms with Crippen molar-refractivity contribution in [3.63, 3.8) is 0 Å². The van der Waals surface area contributed by atoms with E-state index in [2.05, 4.69) is 43.0 Å². The van der Waals surface area contributed by atoms with E-state index in [1.54, 1.807) is 12.2 Å². The third kappa shape index (κ3) is 3.10. The number of ketones is 1. The molecule has 2 rings (SSSR count). The topological polar surface area (TPSA) is 20.3 Å². The second-order valence-electron chi connectivity index (χ2n) is 5.27. The van der Waals surface area contributed by atoms with Crippen LogP contribution in [0.3, 0.4) is 0 Å². The minimum Gasteiger partial charge on any atom is -0.364 e. The van der Waals surface area contributed by atoms with Gasteiger partial charge in [-0.3, -0.25) is 4.79 Å². The van der Waals surface area contributed by atoms with Crippen molar-refractivity contribution in [1.29, 1.82) is 0 Å². The molecule has 2 heteroatoms. The highest BCUT2D eigenvalue weighted by Crippen LogP contribution is 2.21. The number of carbonyl (C=O) groups is 1. The summed E-state index contributed by atoms with van der Waals surface area (Å²) >= 11 is 0. The summed E-state index contributed by atoms with van der Waals surface area (Å²) in [6.45, 7) is 4.79. The minimum absolute atomic E-state index is 0.0699. The van der Waals surface area contributed by atoms with E-state index in [0.717, 1.165) is 6.42 Å². The Hall–Kier alpha value is -1.83. The number of nitrogens with zero attached hydrogens (tertiary/aromatic N) is 1. The van der Waals surface area contributed by atoms with E-state index in [1.165, 1.54) is 5.56 Å². The molecule has 0 unspecified atom stereocenters. The summed E-state index contributed by atoms with van der Waals surface area (Å²) in [4.78, 5) is 13.7. The van der Waals surface area contributed by atoms with Crippen molar-refractivity contribution in [2.45, 2.75) is 25.8 Å². The van der Waals surface area contributed by atoms with Crippen LogP contribution in [0.15, 0.2) is 54.8 Å². The van der Waals surface area contributed by atoms with Crippen LogP contribution in [-0.4, -0.2) is 22.8 Å². The normalized spacial score (nSPS) is 15.9. The first-order valence-electron chi connectivity index (χ1n) is 6.26. The van der Waals surface area contributed by atoms with Gasteiger partial charge in [-0.1, -0.05) is 36.4 Å². The summed E-state index contributed by atoms with van der Waals surface area (Å²) in [6.07, 6.45) is 8.30. The van der Waals surface area contributed by atoms with Gasteiger partial charge in [-0.2, -0.15) is 0 Å². The third-order valence-corrected chi connectivity index (χ3v) is 3.24. The Morgan fingerprint density at radius 2 is 1.89 bits per heavy atom. The molecular weight excluding hydrogens is 222 g/mol. The maximum absolute atomic E-state index is 11.6. The van der Waals surface area contributed by atoms with Crippen LogP contribution in [-0.2, 0) is 11.2 Å². The number of rotatable bonds is 3. The average molecular weight is 241 g/mol. The third-order valence-electron chi connectivity index (χ3n) is 3.24. The maximum Gasteiger partial charge on any atom is 0.174 e. The van der Waals surface area contributed by atoms with E-state index in [0.29, 0.717) is 6.54 Å². The molecule has 0 saturated carbocycles. The lowest BCUT2D eigenvalue weighted by Gasteiger charge is -2.37. The Morgan fingerprint density at radius 1 is 1.17 bits per heavy atom. The van der Waals surface area contributed by atoms with Gasteiger partial charge < -0.3 is 4.90 Å². The molecule has 0 atom stereocenters. The van der Waals surface area contributed by atoms with Gasteiger partial charge in [0.2, 0.25) is 0 Å². The van der Waals surface area contributed by atoms with E-state index < -0.39 is 0 Å². The molecule has 0 spiro atoms. The van der Waals surface area contributed by atoms with Gasteiger partial charge in [-0.05, 0) is 38.0 Å². The molecular formula is C16H19NO. The molecule has 0 aromatic heterocycles. The molecule has 1 aliphatic heterocycles. The van der Waals surface area contributed by atoms with Crippen LogP contribution in [0.5, 0.6) is 0 Å². The second-order valence-corrected chi connectivity index (χ2v) is 5.27. The standard InChI is InChI=1S/C16H19NO/c1-16(2,12-14-8-4-3-5-9-14)17-11-7-6-10-15(18)13-17/h3-11H,12-13H2,1-2H3. The summed E-state index contributed by atoms with van der Waals surface area (Å²) in [5, 5.41) is 0. The van der Waals surface area contributed by atoms with Gasteiger partial charge in [0.1, 0.15) is 0 Å². The predicted octanol–water partition coefficient (Wildman–Crippen LogP) is 2.96. The van der Waals surface area contributed by atoms with Crippen molar-refractivity contribution in [3.8, 4) is 0 Å². The number of carbonyl (C=O) groups excluding carboxylic acids is 1. The monoisotopic (exact) mass is 241 g/mol. The van der Waals surface area contributed by atoms with Crippen LogP contribution in [0.1, 0.15) is 19.4 Å². The molecule has 0 saturated heterocycles. The zero-order valence-corrected chi connectivity index (χ0v) is 11.0.